The minimum atomic E-state index is -0.486. The lowest BCUT2D eigenvalue weighted by Crippen LogP contribution is -2.40. The van der Waals surface area contributed by atoms with Crippen LogP contribution in [0.2, 0.25) is 5.02 Å². The highest BCUT2D eigenvalue weighted by atomic mass is 35.5. The predicted molar refractivity (Wildman–Crippen MR) is 72.2 cm³/mol. The van der Waals surface area contributed by atoms with Crippen LogP contribution < -0.4 is 11.1 Å². The van der Waals surface area contributed by atoms with Gasteiger partial charge in [-0.3, -0.25) is 4.79 Å². The van der Waals surface area contributed by atoms with Crippen LogP contribution in [0, 0.1) is 12.8 Å². The molecule has 3 N–H and O–H groups in total. The maximum atomic E-state index is 11.8. The van der Waals surface area contributed by atoms with Gasteiger partial charge in [-0.05, 0) is 30.5 Å². The molecular weight excluding hydrogens is 236 g/mol. The van der Waals surface area contributed by atoms with Crippen molar-refractivity contribution in [2.45, 2.75) is 33.2 Å². The molecule has 3 nitrogen and oxygen atoms in total. The number of amides is 1. The Morgan fingerprint density at radius 2 is 2.18 bits per heavy atom. The number of nitrogens with one attached hydrogen (secondary N) is 1. The minimum absolute atomic E-state index is 0.163. The Morgan fingerprint density at radius 3 is 2.71 bits per heavy atom. The zero-order valence-electron chi connectivity index (χ0n) is 10.5. The summed E-state index contributed by atoms with van der Waals surface area (Å²) in [5.74, 6) is -0.00445. The summed E-state index contributed by atoms with van der Waals surface area (Å²) in [7, 11) is 0. The maximum absolute atomic E-state index is 11.8. The second-order valence-electron chi connectivity index (χ2n) is 4.36. The average molecular weight is 255 g/mol. The van der Waals surface area contributed by atoms with Crippen molar-refractivity contribution in [3.63, 3.8) is 0 Å². The topological polar surface area (TPSA) is 55.1 Å². The van der Waals surface area contributed by atoms with Crippen molar-refractivity contribution in [1.29, 1.82) is 0 Å². The average Bonchev–Trinajstić information content (AvgIpc) is 2.31. The molecule has 0 heterocycles. The van der Waals surface area contributed by atoms with Crippen molar-refractivity contribution in [2.75, 3.05) is 5.32 Å². The van der Waals surface area contributed by atoms with E-state index in [4.69, 9.17) is 17.3 Å². The van der Waals surface area contributed by atoms with Crippen molar-refractivity contribution in [2.24, 2.45) is 11.7 Å². The molecule has 0 saturated carbocycles. The van der Waals surface area contributed by atoms with Crippen LogP contribution in [0.5, 0.6) is 0 Å². The molecule has 0 spiro atoms. The molecule has 0 aromatic heterocycles. The molecule has 1 rings (SSSR count). The van der Waals surface area contributed by atoms with Gasteiger partial charge in [0.25, 0.3) is 0 Å². The van der Waals surface area contributed by atoms with Crippen molar-refractivity contribution in [3.8, 4) is 0 Å². The van der Waals surface area contributed by atoms with E-state index in [0.29, 0.717) is 10.7 Å². The van der Waals surface area contributed by atoms with Gasteiger partial charge in [-0.2, -0.15) is 0 Å². The molecule has 4 heteroatoms. The van der Waals surface area contributed by atoms with Gasteiger partial charge >= 0.3 is 0 Å². The fourth-order valence-corrected chi connectivity index (χ4v) is 1.59. The molecule has 0 aliphatic carbocycles. The van der Waals surface area contributed by atoms with Gasteiger partial charge in [0.2, 0.25) is 5.91 Å². The highest BCUT2D eigenvalue weighted by Crippen LogP contribution is 2.20. The third-order valence-corrected chi connectivity index (χ3v) is 3.41. The summed E-state index contributed by atoms with van der Waals surface area (Å²) < 4.78 is 0. The molecule has 0 bridgehead atoms. The molecule has 0 aliphatic heterocycles. The number of carbonyl (C=O) groups excluding carboxylic acids is 1. The van der Waals surface area contributed by atoms with E-state index in [1.54, 1.807) is 6.07 Å². The van der Waals surface area contributed by atoms with Gasteiger partial charge in [0.1, 0.15) is 0 Å². The summed E-state index contributed by atoms with van der Waals surface area (Å²) in [5.41, 5.74) is 7.51. The SMILES string of the molecule is CCC(C)C(N)C(=O)Nc1ccc(C)c(Cl)c1. The van der Waals surface area contributed by atoms with E-state index in [9.17, 15) is 4.79 Å². The molecule has 94 valence electrons. The lowest BCUT2D eigenvalue weighted by molar-refractivity contribution is -0.118. The molecule has 0 radical (unpaired) electrons. The van der Waals surface area contributed by atoms with Crippen LogP contribution in [0.1, 0.15) is 25.8 Å². The van der Waals surface area contributed by atoms with Gasteiger partial charge in [-0.1, -0.05) is 37.9 Å². The van der Waals surface area contributed by atoms with Gasteiger partial charge in [0.15, 0.2) is 0 Å². The van der Waals surface area contributed by atoms with Crippen LogP contribution in [-0.4, -0.2) is 11.9 Å². The zero-order valence-corrected chi connectivity index (χ0v) is 11.2. The summed E-state index contributed by atoms with van der Waals surface area (Å²) in [5, 5.41) is 3.42. The maximum Gasteiger partial charge on any atom is 0.241 e. The van der Waals surface area contributed by atoms with Gasteiger partial charge in [0.05, 0.1) is 6.04 Å². The molecular formula is C13H19ClN2O. The zero-order chi connectivity index (χ0) is 13.0. The highest BCUT2D eigenvalue weighted by molar-refractivity contribution is 6.31. The quantitative estimate of drug-likeness (QED) is 0.868. The second-order valence-corrected chi connectivity index (χ2v) is 4.77. The summed E-state index contributed by atoms with van der Waals surface area (Å²) in [6, 6.07) is 4.94. The first-order valence-electron chi connectivity index (χ1n) is 5.78. The van der Waals surface area contributed by atoms with Crippen molar-refractivity contribution >= 4 is 23.2 Å². The number of benzene rings is 1. The van der Waals surface area contributed by atoms with E-state index < -0.39 is 6.04 Å². The van der Waals surface area contributed by atoms with Crippen LogP contribution in [0.3, 0.4) is 0 Å². The third-order valence-electron chi connectivity index (χ3n) is 3.00. The molecule has 1 aromatic carbocycles. The minimum Gasteiger partial charge on any atom is -0.325 e. The third kappa shape index (κ3) is 3.72. The normalized spacial score (nSPS) is 14.2. The monoisotopic (exact) mass is 254 g/mol. The summed E-state index contributed by atoms with van der Waals surface area (Å²) in [4.78, 5) is 11.8. The van der Waals surface area contributed by atoms with E-state index in [0.717, 1.165) is 12.0 Å². The van der Waals surface area contributed by atoms with Gasteiger partial charge in [0, 0.05) is 10.7 Å². The lowest BCUT2D eigenvalue weighted by Gasteiger charge is -2.17. The first-order chi connectivity index (χ1) is 7.95. The molecule has 0 saturated heterocycles. The number of carbonyl (C=O) groups is 1. The Balaban J connectivity index is 2.71. The van der Waals surface area contributed by atoms with Crippen molar-refractivity contribution in [3.05, 3.63) is 28.8 Å². The first kappa shape index (κ1) is 14.0. The second kappa shape index (κ2) is 6.03. The highest BCUT2D eigenvalue weighted by Gasteiger charge is 2.19. The molecule has 0 aliphatic rings. The molecule has 1 aromatic rings. The summed E-state index contributed by atoms with van der Waals surface area (Å²) in [6.45, 7) is 5.89. The Morgan fingerprint density at radius 1 is 1.53 bits per heavy atom. The van der Waals surface area contributed by atoms with E-state index >= 15 is 0 Å². The Hall–Kier alpha value is -1.06. The number of hydrogen-bond acceptors (Lipinski definition) is 2. The fraction of sp³-hybridized carbons (Fsp3) is 0.462. The molecule has 1 amide bonds. The van der Waals surface area contributed by atoms with Gasteiger partial charge in [-0.15, -0.1) is 0 Å². The lowest BCUT2D eigenvalue weighted by atomic mass is 9.99. The number of anilines is 1. The Kier molecular flexibility index (Phi) is 4.97. The summed E-state index contributed by atoms with van der Waals surface area (Å²) in [6.07, 6.45) is 0.878. The van der Waals surface area contributed by atoms with Crippen LogP contribution in [0.15, 0.2) is 18.2 Å². The van der Waals surface area contributed by atoms with Gasteiger partial charge < -0.3 is 11.1 Å². The Labute approximate surface area is 107 Å². The summed E-state index contributed by atoms with van der Waals surface area (Å²) >= 11 is 5.98. The predicted octanol–water partition coefficient (Wildman–Crippen LogP) is 2.96. The van der Waals surface area contributed by atoms with E-state index in [1.165, 1.54) is 0 Å². The smallest absolute Gasteiger partial charge is 0.241 e. The fourth-order valence-electron chi connectivity index (χ4n) is 1.41. The van der Waals surface area contributed by atoms with Crippen molar-refractivity contribution < 1.29 is 4.79 Å². The number of halogens is 1. The van der Waals surface area contributed by atoms with E-state index in [-0.39, 0.29) is 11.8 Å². The Bertz CT molecular complexity index is 406. The molecule has 2 atom stereocenters. The van der Waals surface area contributed by atoms with Crippen LogP contribution in [-0.2, 0) is 4.79 Å². The molecule has 2 unspecified atom stereocenters. The number of rotatable bonds is 4. The number of nitrogens with two attached hydrogens (primary N) is 1. The largest absolute Gasteiger partial charge is 0.325 e. The van der Waals surface area contributed by atoms with Crippen molar-refractivity contribution in [1.82, 2.24) is 0 Å². The number of hydrogen-bond donors (Lipinski definition) is 2. The standard InChI is InChI=1S/C13H19ClN2O/c1-4-8(2)12(15)13(17)16-10-6-5-9(3)11(14)7-10/h5-8,12H,4,15H2,1-3H3,(H,16,17). The van der Waals surface area contributed by atoms with E-state index in [2.05, 4.69) is 5.32 Å². The van der Waals surface area contributed by atoms with Crippen LogP contribution >= 0.6 is 11.6 Å². The molecule has 17 heavy (non-hydrogen) atoms. The first-order valence-corrected chi connectivity index (χ1v) is 6.16. The van der Waals surface area contributed by atoms with E-state index in [1.807, 2.05) is 32.9 Å². The van der Waals surface area contributed by atoms with Gasteiger partial charge in [-0.25, -0.2) is 0 Å². The number of aryl methyl sites for hydroxylation is 1. The van der Waals surface area contributed by atoms with Crippen LogP contribution in [0.25, 0.3) is 0 Å². The van der Waals surface area contributed by atoms with Crippen LogP contribution in [0.4, 0.5) is 5.69 Å². The molecule has 0 fully saturated rings.